The summed E-state index contributed by atoms with van der Waals surface area (Å²) >= 11 is 0. The number of nitrogens with two attached hydrogens (primary N) is 1. The fraction of sp³-hybridized carbons (Fsp3) is 0.0714. The van der Waals surface area contributed by atoms with Crippen LogP contribution in [0.25, 0.3) is 0 Å². The van der Waals surface area contributed by atoms with Gasteiger partial charge in [-0.1, -0.05) is 18.2 Å². The minimum Gasteiger partial charge on any atom is -0.397 e. The molecule has 0 aliphatic rings. The molecule has 1 amide bonds. The van der Waals surface area contributed by atoms with Crippen LogP contribution in [-0.2, 0) is 14.9 Å². The van der Waals surface area contributed by atoms with Gasteiger partial charge >= 0.3 is 10.1 Å². The molecule has 6 nitrogen and oxygen atoms in total. The molecule has 21 heavy (non-hydrogen) atoms. The van der Waals surface area contributed by atoms with Gasteiger partial charge in [0.2, 0.25) is 5.91 Å². The Morgan fingerprint density at radius 3 is 2.38 bits per heavy atom. The molecule has 0 unspecified atom stereocenters. The van der Waals surface area contributed by atoms with Crippen molar-refractivity contribution >= 4 is 27.4 Å². The van der Waals surface area contributed by atoms with Crippen LogP contribution in [0.5, 0.6) is 5.75 Å². The summed E-state index contributed by atoms with van der Waals surface area (Å²) in [6, 6.07) is 12.1. The first-order chi connectivity index (χ1) is 9.88. The molecule has 7 heteroatoms. The Kier molecular flexibility index (Phi) is 4.13. The number of rotatable bonds is 4. The Labute approximate surface area is 122 Å². The molecule has 0 spiro atoms. The molecule has 2 aromatic rings. The average molecular weight is 306 g/mol. The Morgan fingerprint density at radius 1 is 1.14 bits per heavy atom. The summed E-state index contributed by atoms with van der Waals surface area (Å²) in [6.07, 6.45) is 0. The predicted molar refractivity (Wildman–Crippen MR) is 79.4 cm³/mol. The quantitative estimate of drug-likeness (QED) is 0.665. The summed E-state index contributed by atoms with van der Waals surface area (Å²) in [6.45, 7) is 1.34. The number of anilines is 2. The van der Waals surface area contributed by atoms with E-state index in [1.54, 1.807) is 18.2 Å². The van der Waals surface area contributed by atoms with Crippen LogP contribution in [0.15, 0.2) is 53.4 Å². The number of para-hydroxylation sites is 1. The van der Waals surface area contributed by atoms with Crippen molar-refractivity contribution in [2.75, 3.05) is 11.1 Å². The maximum absolute atomic E-state index is 12.1. The standard InChI is InChI=1S/C14H14N2O4S/c1-10(17)16-14-8-7-12(9-13(14)15)21(18,19)20-11-5-3-2-4-6-11/h2-9H,15H2,1H3,(H,16,17). The van der Waals surface area contributed by atoms with Crippen LogP contribution in [0.1, 0.15) is 6.92 Å². The summed E-state index contributed by atoms with van der Waals surface area (Å²) in [5.74, 6) is -0.0835. The van der Waals surface area contributed by atoms with Crippen LogP contribution in [0, 0.1) is 0 Å². The van der Waals surface area contributed by atoms with Crippen molar-refractivity contribution in [1.29, 1.82) is 0 Å². The maximum atomic E-state index is 12.1. The molecule has 0 atom stereocenters. The first-order valence-electron chi connectivity index (χ1n) is 6.05. The van der Waals surface area contributed by atoms with Gasteiger partial charge in [0.15, 0.2) is 0 Å². The second kappa shape index (κ2) is 5.84. The fourth-order valence-electron chi connectivity index (χ4n) is 1.65. The van der Waals surface area contributed by atoms with E-state index in [1.165, 1.54) is 37.3 Å². The number of nitrogen functional groups attached to an aromatic ring is 1. The summed E-state index contributed by atoms with van der Waals surface area (Å²) in [5.41, 5.74) is 6.21. The Bertz CT molecular complexity index is 758. The lowest BCUT2D eigenvalue weighted by atomic mass is 10.2. The highest BCUT2D eigenvalue weighted by Gasteiger charge is 2.18. The van der Waals surface area contributed by atoms with Crippen LogP contribution in [0.3, 0.4) is 0 Å². The molecule has 2 rings (SSSR count). The van der Waals surface area contributed by atoms with E-state index in [4.69, 9.17) is 9.92 Å². The number of hydrogen-bond donors (Lipinski definition) is 2. The van der Waals surface area contributed by atoms with E-state index in [-0.39, 0.29) is 22.2 Å². The lowest BCUT2D eigenvalue weighted by Crippen LogP contribution is -2.12. The van der Waals surface area contributed by atoms with Gasteiger partial charge < -0.3 is 15.2 Å². The van der Waals surface area contributed by atoms with Crippen molar-refractivity contribution < 1.29 is 17.4 Å². The third-order valence-corrected chi connectivity index (χ3v) is 3.81. The van der Waals surface area contributed by atoms with Crippen molar-refractivity contribution in [2.24, 2.45) is 0 Å². The van der Waals surface area contributed by atoms with Crippen LogP contribution in [0.4, 0.5) is 11.4 Å². The molecular formula is C14H14N2O4S. The fourth-order valence-corrected chi connectivity index (χ4v) is 2.62. The van der Waals surface area contributed by atoms with Crippen LogP contribution in [0.2, 0.25) is 0 Å². The second-order valence-electron chi connectivity index (χ2n) is 4.28. The van der Waals surface area contributed by atoms with Crippen molar-refractivity contribution in [3.63, 3.8) is 0 Å². The summed E-state index contributed by atoms with van der Waals surface area (Å²) < 4.78 is 29.2. The Balaban J connectivity index is 2.29. The van der Waals surface area contributed by atoms with Gasteiger partial charge in [0.25, 0.3) is 0 Å². The number of hydrogen-bond acceptors (Lipinski definition) is 5. The molecule has 0 aromatic heterocycles. The largest absolute Gasteiger partial charge is 0.397 e. The molecule has 0 aliphatic heterocycles. The molecule has 3 N–H and O–H groups in total. The topological polar surface area (TPSA) is 98.5 Å². The first-order valence-corrected chi connectivity index (χ1v) is 7.46. The molecule has 0 radical (unpaired) electrons. The second-order valence-corrected chi connectivity index (χ2v) is 5.83. The van der Waals surface area contributed by atoms with Gasteiger partial charge in [-0.05, 0) is 30.3 Å². The molecule has 0 saturated heterocycles. The van der Waals surface area contributed by atoms with Crippen LogP contribution < -0.4 is 15.2 Å². The van der Waals surface area contributed by atoms with E-state index in [0.29, 0.717) is 5.69 Å². The van der Waals surface area contributed by atoms with E-state index in [2.05, 4.69) is 5.32 Å². The number of amides is 1. The summed E-state index contributed by atoms with van der Waals surface area (Å²) in [5, 5.41) is 2.50. The van der Waals surface area contributed by atoms with Gasteiger partial charge in [-0.2, -0.15) is 8.42 Å². The molecule has 110 valence electrons. The molecule has 0 fully saturated rings. The van der Waals surface area contributed by atoms with Gasteiger partial charge in [-0.15, -0.1) is 0 Å². The van der Waals surface area contributed by atoms with Gasteiger partial charge in [-0.25, -0.2) is 0 Å². The van der Waals surface area contributed by atoms with Crippen molar-refractivity contribution in [2.45, 2.75) is 11.8 Å². The average Bonchev–Trinajstić information content (AvgIpc) is 2.41. The van der Waals surface area contributed by atoms with Crippen molar-refractivity contribution in [1.82, 2.24) is 0 Å². The SMILES string of the molecule is CC(=O)Nc1ccc(S(=O)(=O)Oc2ccccc2)cc1N. The predicted octanol–water partition coefficient (Wildman–Crippen LogP) is 1.99. The Morgan fingerprint density at radius 2 is 1.81 bits per heavy atom. The minimum atomic E-state index is -3.97. The number of carbonyl (C=O) groups is 1. The normalized spacial score (nSPS) is 10.9. The van der Waals surface area contributed by atoms with Gasteiger partial charge in [0, 0.05) is 6.92 Å². The highest BCUT2D eigenvalue weighted by Crippen LogP contribution is 2.25. The van der Waals surface area contributed by atoms with E-state index in [9.17, 15) is 13.2 Å². The van der Waals surface area contributed by atoms with Gasteiger partial charge in [-0.3, -0.25) is 4.79 Å². The lowest BCUT2D eigenvalue weighted by molar-refractivity contribution is -0.114. The van der Waals surface area contributed by atoms with Gasteiger partial charge in [0.1, 0.15) is 10.6 Å². The van der Waals surface area contributed by atoms with Crippen molar-refractivity contribution in [3.05, 3.63) is 48.5 Å². The van der Waals surface area contributed by atoms with Crippen molar-refractivity contribution in [3.8, 4) is 5.75 Å². The number of benzene rings is 2. The van der Waals surface area contributed by atoms with Gasteiger partial charge in [0.05, 0.1) is 11.4 Å². The highest BCUT2D eigenvalue weighted by molar-refractivity contribution is 7.87. The minimum absolute atomic E-state index is 0.0852. The smallest absolute Gasteiger partial charge is 0.339 e. The van der Waals surface area contributed by atoms with Crippen LogP contribution >= 0.6 is 0 Å². The highest BCUT2D eigenvalue weighted by atomic mass is 32.2. The zero-order valence-electron chi connectivity index (χ0n) is 11.2. The molecular weight excluding hydrogens is 292 g/mol. The molecule has 0 saturated carbocycles. The lowest BCUT2D eigenvalue weighted by Gasteiger charge is -2.10. The zero-order chi connectivity index (χ0) is 15.5. The molecule has 0 aliphatic carbocycles. The molecule has 0 bridgehead atoms. The maximum Gasteiger partial charge on any atom is 0.339 e. The first kappa shape index (κ1) is 14.9. The van der Waals surface area contributed by atoms with Crippen LogP contribution in [-0.4, -0.2) is 14.3 Å². The number of nitrogens with one attached hydrogen (secondary N) is 1. The number of carbonyl (C=O) groups excluding carboxylic acids is 1. The molecule has 0 heterocycles. The third-order valence-electron chi connectivity index (χ3n) is 2.57. The molecule has 2 aromatic carbocycles. The summed E-state index contributed by atoms with van der Waals surface area (Å²) in [4.78, 5) is 10.9. The van der Waals surface area contributed by atoms with E-state index < -0.39 is 10.1 Å². The third kappa shape index (κ3) is 3.73. The monoisotopic (exact) mass is 306 g/mol. The zero-order valence-corrected chi connectivity index (χ0v) is 12.1. The van der Waals surface area contributed by atoms with E-state index >= 15 is 0 Å². The Hall–Kier alpha value is -2.54. The summed E-state index contributed by atoms with van der Waals surface area (Å²) in [7, 11) is -3.97. The van der Waals surface area contributed by atoms with E-state index in [0.717, 1.165) is 0 Å². The van der Waals surface area contributed by atoms with E-state index in [1.807, 2.05) is 0 Å².